The number of rotatable bonds is 7. The molecule has 0 aliphatic rings. The van der Waals surface area contributed by atoms with Crippen molar-refractivity contribution in [2.24, 2.45) is 0 Å². The van der Waals surface area contributed by atoms with Gasteiger partial charge in [0.15, 0.2) is 0 Å². The van der Waals surface area contributed by atoms with E-state index < -0.39 is 0 Å². The Bertz CT molecular complexity index is 387. The normalized spacial score (nSPS) is 11.9. The molecule has 0 saturated carbocycles. The van der Waals surface area contributed by atoms with E-state index in [4.69, 9.17) is 4.74 Å². The Labute approximate surface area is 121 Å². The van der Waals surface area contributed by atoms with Gasteiger partial charge in [0.2, 0.25) is 0 Å². The first kappa shape index (κ1) is 15.4. The first-order valence-corrected chi connectivity index (χ1v) is 7.80. The van der Waals surface area contributed by atoms with Crippen LogP contribution in [0, 0.1) is 0 Å². The average molecular weight is 332 g/mol. The summed E-state index contributed by atoms with van der Waals surface area (Å²) in [4.78, 5) is 11.7. The number of ether oxygens (including phenoxy) is 1. The minimum absolute atomic E-state index is 0.220. The summed E-state index contributed by atoms with van der Waals surface area (Å²) >= 11 is 5.28. The molecular formula is C13H18BrNO2S. The molecule has 1 atom stereocenters. The van der Waals surface area contributed by atoms with E-state index in [1.165, 1.54) is 7.11 Å². The first-order valence-electron chi connectivity index (χ1n) is 5.85. The summed E-state index contributed by atoms with van der Waals surface area (Å²) in [7, 11) is 1.42. The van der Waals surface area contributed by atoms with Crippen LogP contribution in [0.2, 0.25) is 0 Å². The molecule has 1 aromatic carbocycles. The van der Waals surface area contributed by atoms with Gasteiger partial charge in [-0.25, -0.2) is 4.79 Å². The average Bonchev–Trinajstić information content (AvgIpc) is 2.39. The molecule has 0 saturated heterocycles. The van der Waals surface area contributed by atoms with E-state index in [9.17, 15) is 4.79 Å². The van der Waals surface area contributed by atoms with Crippen molar-refractivity contribution < 1.29 is 9.53 Å². The van der Waals surface area contributed by atoms with Crippen LogP contribution in [0.25, 0.3) is 0 Å². The third kappa shape index (κ3) is 4.90. The van der Waals surface area contributed by atoms with E-state index in [1.807, 2.05) is 36.0 Å². The molecule has 0 spiro atoms. The van der Waals surface area contributed by atoms with Crippen molar-refractivity contribution in [1.29, 1.82) is 0 Å². The van der Waals surface area contributed by atoms with Crippen LogP contribution in [0.1, 0.15) is 13.3 Å². The van der Waals surface area contributed by atoms with Gasteiger partial charge in [0.05, 0.1) is 7.11 Å². The smallest absolute Gasteiger partial charge is 0.328 e. The molecule has 0 aliphatic carbocycles. The lowest BCUT2D eigenvalue weighted by Gasteiger charge is -2.18. The highest BCUT2D eigenvalue weighted by Crippen LogP contribution is 2.23. The molecule has 0 radical (unpaired) electrons. The molecule has 1 unspecified atom stereocenters. The quantitative estimate of drug-likeness (QED) is 0.612. The van der Waals surface area contributed by atoms with Crippen LogP contribution in [0.5, 0.6) is 0 Å². The summed E-state index contributed by atoms with van der Waals surface area (Å²) in [6.07, 6.45) is 0.756. The maximum Gasteiger partial charge on any atom is 0.328 e. The van der Waals surface area contributed by atoms with Gasteiger partial charge in [-0.2, -0.15) is 11.8 Å². The molecule has 0 heterocycles. The minimum atomic E-state index is -0.298. The lowest BCUT2D eigenvalue weighted by Crippen LogP contribution is -2.31. The number of benzene rings is 1. The molecule has 1 N–H and O–H groups in total. The monoisotopic (exact) mass is 331 g/mol. The van der Waals surface area contributed by atoms with Crippen molar-refractivity contribution in [3.05, 3.63) is 28.7 Å². The van der Waals surface area contributed by atoms with Crippen LogP contribution in [0.3, 0.4) is 0 Å². The van der Waals surface area contributed by atoms with Gasteiger partial charge in [-0.05, 0) is 46.0 Å². The Hall–Kier alpha value is -0.680. The van der Waals surface area contributed by atoms with Crippen LogP contribution < -0.4 is 5.32 Å². The van der Waals surface area contributed by atoms with Crippen molar-refractivity contribution in [1.82, 2.24) is 0 Å². The number of anilines is 1. The van der Waals surface area contributed by atoms with E-state index >= 15 is 0 Å². The Balaban J connectivity index is 2.66. The van der Waals surface area contributed by atoms with Gasteiger partial charge in [0.1, 0.15) is 6.04 Å². The number of methoxy groups -OCH3 is 1. The predicted molar refractivity (Wildman–Crippen MR) is 81.2 cm³/mol. The van der Waals surface area contributed by atoms with Crippen LogP contribution in [0.4, 0.5) is 5.69 Å². The highest BCUT2D eigenvalue weighted by Gasteiger charge is 2.19. The topological polar surface area (TPSA) is 38.3 Å². The summed E-state index contributed by atoms with van der Waals surface area (Å²) in [6.45, 7) is 2.11. The largest absolute Gasteiger partial charge is 0.467 e. The highest BCUT2D eigenvalue weighted by molar-refractivity contribution is 9.10. The van der Waals surface area contributed by atoms with E-state index in [0.29, 0.717) is 0 Å². The van der Waals surface area contributed by atoms with E-state index in [0.717, 1.165) is 28.1 Å². The van der Waals surface area contributed by atoms with Gasteiger partial charge in [-0.3, -0.25) is 0 Å². The van der Waals surface area contributed by atoms with Crippen LogP contribution in [-0.2, 0) is 9.53 Å². The SMILES string of the molecule is CCSCCC(Nc1ccccc1Br)C(=O)OC. The number of hydrogen-bond acceptors (Lipinski definition) is 4. The molecule has 18 heavy (non-hydrogen) atoms. The fourth-order valence-electron chi connectivity index (χ4n) is 1.50. The summed E-state index contributed by atoms with van der Waals surface area (Å²) in [5, 5.41) is 3.22. The Morgan fingerprint density at radius 2 is 2.22 bits per heavy atom. The zero-order chi connectivity index (χ0) is 13.4. The lowest BCUT2D eigenvalue weighted by atomic mass is 10.2. The second-order valence-electron chi connectivity index (χ2n) is 3.69. The fourth-order valence-corrected chi connectivity index (χ4v) is 2.59. The predicted octanol–water partition coefficient (Wildman–Crippen LogP) is 3.55. The van der Waals surface area contributed by atoms with E-state index in [2.05, 4.69) is 28.2 Å². The second kappa shape index (κ2) is 8.43. The summed E-state index contributed by atoms with van der Waals surface area (Å²) in [5.74, 6) is 1.78. The third-order valence-electron chi connectivity index (χ3n) is 2.44. The summed E-state index contributed by atoms with van der Waals surface area (Å²) in [5.41, 5.74) is 0.911. The van der Waals surface area contributed by atoms with Gasteiger partial charge < -0.3 is 10.1 Å². The highest BCUT2D eigenvalue weighted by atomic mass is 79.9. The van der Waals surface area contributed by atoms with Gasteiger partial charge in [-0.15, -0.1) is 0 Å². The lowest BCUT2D eigenvalue weighted by molar-refractivity contribution is -0.141. The Morgan fingerprint density at radius 3 is 2.83 bits per heavy atom. The molecule has 1 rings (SSSR count). The van der Waals surface area contributed by atoms with Gasteiger partial charge in [0.25, 0.3) is 0 Å². The molecule has 0 fully saturated rings. The number of nitrogens with one attached hydrogen (secondary N) is 1. The Morgan fingerprint density at radius 1 is 1.50 bits per heavy atom. The number of carbonyl (C=O) groups excluding carboxylic acids is 1. The molecule has 0 aliphatic heterocycles. The molecular weight excluding hydrogens is 314 g/mol. The molecule has 0 aromatic heterocycles. The van der Waals surface area contributed by atoms with Crippen molar-refractivity contribution in [2.75, 3.05) is 23.9 Å². The van der Waals surface area contributed by atoms with Gasteiger partial charge in [-0.1, -0.05) is 19.1 Å². The first-order chi connectivity index (χ1) is 8.69. The van der Waals surface area contributed by atoms with Gasteiger partial charge >= 0.3 is 5.97 Å². The zero-order valence-corrected chi connectivity index (χ0v) is 13.0. The van der Waals surface area contributed by atoms with Crippen molar-refractivity contribution >= 4 is 39.3 Å². The van der Waals surface area contributed by atoms with Crippen molar-refractivity contribution in [2.45, 2.75) is 19.4 Å². The zero-order valence-electron chi connectivity index (χ0n) is 10.6. The molecule has 3 nitrogen and oxygen atoms in total. The van der Waals surface area contributed by atoms with Crippen LogP contribution in [0.15, 0.2) is 28.7 Å². The maximum absolute atomic E-state index is 11.7. The number of halogens is 1. The maximum atomic E-state index is 11.7. The van der Waals surface area contributed by atoms with Crippen molar-refractivity contribution in [3.63, 3.8) is 0 Å². The summed E-state index contributed by atoms with van der Waals surface area (Å²) < 4.78 is 5.78. The number of para-hydroxylation sites is 1. The standard InChI is InChI=1S/C13H18BrNO2S/c1-3-18-9-8-12(13(16)17-2)15-11-7-5-4-6-10(11)14/h4-7,12,15H,3,8-9H2,1-2H3. The molecule has 1 aromatic rings. The number of carbonyl (C=O) groups is 1. The minimum Gasteiger partial charge on any atom is -0.467 e. The van der Waals surface area contributed by atoms with Crippen LogP contribution in [-0.4, -0.2) is 30.6 Å². The van der Waals surface area contributed by atoms with E-state index in [1.54, 1.807) is 0 Å². The number of hydrogen-bond donors (Lipinski definition) is 1. The molecule has 0 amide bonds. The molecule has 100 valence electrons. The number of esters is 1. The van der Waals surface area contributed by atoms with Gasteiger partial charge in [0, 0.05) is 10.2 Å². The summed E-state index contributed by atoms with van der Waals surface area (Å²) in [6, 6.07) is 7.45. The number of thioether (sulfide) groups is 1. The molecule has 5 heteroatoms. The second-order valence-corrected chi connectivity index (χ2v) is 5.93. The molecule has 0 bridgehead atoms. The van der Waals surface area contributed by atoms with Crippen LogP contribution >= 0.6 is 27.7 Å². The Kier molecular flexibility index (Phi) is 7.20. The fraction of sp³-hybridized carbons (Fsp3) is 0.462. The van der Waals surface area contributed by atoms with Crippen molar-refractivity contribution in [3.8, 4) is 0 Å². The van der Waals surface area contributed by atoms with E-state index in [-0.39, 0.29) is 12.0 Å². The third-order valence-corrected chi connectivity index (χ3v) is 4.07.